The Balaban J connectivity index is 2.85. The van der Waals surface area contributed by atoms with Crippen molar-refractivity contribution in [3.05, 3.63) is 34.0 Å². The predicted molar refractivity (Wildman–Crippen MR) is 72.0 cm³/mol. The van der Waals surface area contributed by atoms with Crippen LogP contribution in [0.2, 0.25) is 5.02 Å². The molecule has 0 bridgehead atoms. The number of rotatable bonds is 2. The second kappa shape index (κ2) is 4.47. The minimum absolute atomic E-state index is 0.0956. The van der Waals surface area contributed by atoms with E-state index in [1.807, 2.05) is 37.6 Å². The van der Waals surface area contributed by atoms with Crippen LogP contribution in [-0.4, -0.2) is 10.4 Å². The fourth-order valence-corrected chi connectivity index (χ4v) is 2.50. The van der Waals surface area contributed by atoms with Crippen molar-refractivity contribution in [1.82, 2.24) is 4.57 Å². The van der Waals surface area contributed by atoms with Gasteiger partial charge in [0.05, 0.1) is 18.0 Å². The highest BCUT2D eigenvalue weighted by Gasteiger charge is 2.19. The van der Waals surface area contributed by atoms with E-state index >= 15 is 0 Å². The van der Waals surface area contributed by atoms with E-state index in [2.05, 4.69) is 0 Å². The Morgan fingerprint density at radius 3 is 2.72 bits per heavy atom. The lowest BCUT2D eigenvalue weighted by Crippen LogP contribution is -2.00. The Morgan fingerprint density at radius 2 is 2.11 bits per heavy atom. The van der Waals surface area contributed by atoms with Gasteiger partial charge < -0.3 is 4.57 Å². The third-order valence-electron chi connectivity index (χ3n) is 3.35. The van der Waals surface area contributed by atoms with E-state index in [4.69, 9.17) is 16.9 Å². The Hall–Kier alpha value is -1.79. The maximum absolute atomic E-state index is 12.0. The fourth-order valence-electron chi connectivity index (χ4n) is 2.35. The second-order valence-corrected chi connectivity index (χ2v) is 4.75. The predicted octanol–water partition coefficient (Wildman–Crippen LogP) is 3.54. The van der Waals surface area contributed by atoms with Gasteiger partial charge in [-0.2, -0.15) is 5.26 Å². The van der Waals surface area contributed by atoms with E-state index in [1.165, 1.54) is 0 Å². The Morgan fingerprint density at radius 1 is 1.44 bits per heavy atom. The third kappa shape index (κ3) is 1.70. The first-order valence-corrected chi connectivity index (χ1v) is 6.01. The molecule has 1 aromatic heterocycles. The van der Waals surface area contributed by atoms with Crippen LogP contribution >= 0.6 is 11.6 Å². The van der Waals surface area contributed by atoms with Crippen molar-refractivity contribution >= 4 is 28.3 Å². The van der Waals surface area contributed by atoms with Crippen LogP contribution in [-0.2, 0) is 7.05 Å². The van der Waals surface area contributed by atoms with Gasteiger partial charge in [-0.15, -0.1) is 0 Å². The van der Waals surface area contributed by atoms with E-state index < -0.39 is 0 Å². The first-order valence-electron chi connectivity index (χ1n) is 5.63. The van der Waals surface area contributed by atoms with Gasteiger partial charge in [-0.3, -0.25) is 4.79 Å². The lowest BCUT2D eigenvalue weighted by molar-refractivity contribution is 0.0998. The van der Waals surface area contributed by atoms with Crippen molar-refractivity contribution in [1.29, 1.82) is 5.26 Å². The van der Waals surface area contributed by atoms with Crippen LogP contribution in [0.25, 0.3) is 10.9 Å². The number of carbonyl (C=O) groups excluding carboxylic acids is 1. The summed E-state index contributed by atoms with van der Waals surface area (Å²) in [5.41, 5.74) is 3.42. The molecule has 2 aromatic rings. The molecule has 3 nitrogen and oxygen atoms in total. The molecule has 0 amide bonds. The van der Waals surface area contributed by atoms with Gasteiger partial charge >= 0.3 is 0 Å². The van der Waals surface area contributed by atoms with Gasteiger partial charge in [0.15, 0.2) is 5.78 Å². The maximum Gasteiger partial charge on any atom is 0.179 e. The number of nitrogens with zero attached hydrogens (tertiary/aromatic N) is 2. The largest absolute Gasteiger partial charge is 0.347 e. The first-order chi connectivity index (χ1) is 8.49. The van der Waals surface area contributed by atoms with Crippen molar-refractivity contribution < 1.29 is 4.79 Å². The van der Waals surface area contributed by atoms with Gasteiger partial charge in [0, 0.05) is 28.7 Å². The Labute approximate surface area is 111 Å². The molecular formula is C14H13ClN2O. The van der Waals surface area contributed by atoms with Crippen LogP contribution in [0.3, 0.4) is 0 Å². The molecule has 2 rings (SSSR count). The van der Waals surface area contributed by atoms with E-state index in [1.54, 1.807) is 6.07 Å². The fraction of sp³-hybridized carbons (Fsp3) is 0.286. The quantitative estimate of drug-likeness (QED) is 0.775. The molecular weight excluding hydrogens is 248 g/mol. The molecule has 0 radical (unpaired) electrons. The van der Waals surface area contributed by atoms with Crippen molar-refractivity contribution in [2.75, 3.05) is 0 Å². The average molecular weight is 261 g/mol. The normalized spacial score (nSPS) is 10.6. The molecule has 0 fully saturated rings. The molecule has 1 heterocycles. The molecule has 0 saturated carbocycles. The van der Waals surface area contributed by atoms with Crippen molar-refractivity contribution in [3.8, 4) is 6.07 Å². The summed E-state index contributed by atoms with van der Waals surface area (Å²) in [5.74, 6) is -0.137. The first kappa shape index (κ1) is 12.7. The van der Waals surface area contributed by atoms with E-state index in [9.17, 15) is 4.79 Å². The minimum Gasteiger partial charge on any atom is -0.347 e. The molecule has 0 aliphatic rings. The van der Waals surface area contributed by atoms with Gasteiger partial charge in [-0.1, -0.05) is 17.7 Å². The van der Waals surface area contributed by atoms with Crippen molar-refractivity contribution in [2.45, 2.75) is 20.3 Å². The summed E-state index contributed by atoms with van der Waals surface area (Å²) in [4.78, 5) is 12.0. The highest BCUT2D eigenvalue weighted by Crippen LogP contribution is 2.31. The number of aryl methyl sites for hydroxylation is 2. The number of fused-ring (bicyclic) bond motifs is 1. The van der Waals surface area contributed by atoms with Crippen LogP contribution in [0.15, 0.2) is 12.1 Å². The molecule has 0 spiro atoms. The maximum atomic E-state index is 12.0. The molecule has 18 heavy (non-hydrogen) atoms. The van der Waals surface area contributed by atoms with Gasteiger partial charge in [0.25, 0.3) is 0 Å². The van der Waals surface area contributed by atoms with E-state index in [-0.39, 0.29) is 12.2 Å². The monoisotopic (exact) mass is 260 g/mol. The highest BCUT2D eigenvalue weighted by atomic mass is 35.5. The Kier molecular flexibility index (Phi) is 3.14. The summed E-state index contributed by atoms with van der Waals surface area (Å²) in [6, 6.07) is 5.55. The molecule has 0 saturated heterocycles. The van der Waals surface area contributed by atoms with Crippen LogP contribution in [0.4, 0.5) is 0 Å². The summed E-state index contributed by atoms with van der Waals surface area (Å²) >= 11 is 6.11. The summed E-state index contributed by atoms with van der Waals surface area (Å²) in [5, 5.41) is 10.2. The van der Waals surface area contributed by atoms with Crippen LogP contribution in [0.1, 0.15) is 28.0 Å². The second-order valence-electron chi connectivity index (χ2n) is 4.35. The van der Waals surface area contributed by atoms with Gasteiger partial charge in [-0.25, -0.2) is 0 Å². The molecule has 0 unspecified atom stereocenters. The average Bonchev–Trinajstić information content (AvgIpc) is 2.58. The molecule has 0 atom stereocenters. The number of carbonyl (C=O) groups is 1. The highest BCUT2D eigenvalue weighted by molar-refractivity contribution is 6.32. The van der Waals surface area contributed by atoms with E-state index in [0.717, 1.165) is 22.2 Å². The zero-order valence-corrected chi connectivity index (χ0v) is 11.3. The topological polar surface area (TPSA) is 45.8 Å². The SMILES string of the molecule is Cc1c(Cl)ccc2c(C(=O)CC#N)c(C)n(C)c12. The smallest absolute Gasteiger partial charge is 0.179 e. The molecule has 4 heteroatoms. The number of benzene rings is 1. The van der Waals surface area contributed by atoms with Crippen LogP contribution < -0.4 is 0 Å². The molecule has 1 aromatic carbocycles. The number of hydrogen-bond acceptors (Lipinski definition) is 2. The zero-order valence-electron chi connectivity index (χ0n) is 10.5. The lowest BCUT2D eigenvalue weighted by Gasteiger charge is -2.03. The van der Waals surface area contributed by atoms with Crippen LogP contribution in [0.5, 0.6) is 0 Å². The van der Waals surface area contributed by atoms with Crippen molar-refractivity contribution in [3.63, 3.8) is 0 Å². The molecule has 92 valence electrons. The number of aromatic nitrogens is 1. The van der Waals surface area contributed by atoms with Crippen molar-refractivity contribution in [2.24, 2.45) is 7.05 Å². The third-order valence-corrected chi connectivity index (χ3v) is 3.76. The minimum atomic E-state index is -0.137. The zero-order chi connectivity index (χ0) is 13.4. The standard InChI is InChI=1S/C14H13ClN2O/c1-8-11(15)5-4-10-13(12(18)6-7-16)9(2)17(3)14(8)10/h4-5H,6H2,1-3H3. The van der Waals surface area contributed by atoms with E-state index in [0.29, 0.717) is 10.6 Å². The molecule has 0 N–H and O–H groups in total. The van der Waals surface area contributed by atoms with Gasteiger partial charge in [0.2, 0.25) is 0 Å². The number of nitriles is 1. The molecule has 0 aliphatic carbocycles. The molecule has 0 aliphatic heterocycles. The summed E-state index contributed by atoms with van der Waals surface area (Å²) in [6.07, 6.45) is -0.0956. The van der Waals surface area contributed by atoms with Crippen LogP contribution in [0, 0.1) is 25.2 Å². The number of Topliss-reactive ketones (excluding diaryl/α,β-unsaturated/α-hetero) is 1. The summed E-state index contributed by atoms with van der Waals surface area (Å²) in [7, 11) is 1.91. The number of ketones is 1. The summed E-state index contributed by atoms with van der Waals surface area (Å²) in [6.45, 7) is 3.82. The number of hydrogen-bond donors (Lipinski definition) is 0. The lowest BCUT2D eigenvalue weighted by atomic mass is 10.0. The summed E-state index contributed by atoms with van der Waals surface area (Å²) < 4.78 is 1.96. The Bertz CT molecular complexity index is 692. The van der Waals surface area contributed by atoms with Gasteiger partial charge in [0.1, 0.15) is 0 Å². The van der Waals surface area contributed by atoms with Gasteiger partial charge in [-0.05, 0) is 25.5 Å². The number of halogens is 1.